The molecule has 1 heterocycles. The maximum atomic E-state index is 12.2. The monoisotopic (exact) mass is 400 g/mol. The van der Waals surface area contributed by atoms with Crippen LogP contribution in [-0.4, -0.2) is 60.3 Å². The lowest BCUT2D eigenvalue weighted by Gasteiger charge is -2.34. The van der Waals surface area contributed by atoms with Crippen LogP contribution < -0.4 is 0 Å². The van der Waals surface area contributed by atoms with Crippen LogP contribution in [0.25, 0.3) is 0 Å². The molecular formula is C16H21BrN2O3S. The van der Waals surface area contributed by atoms with Gasteiger partial charge in [0.05, 0.1) is 12.4 Å². The van der Waals surface area contributed by atoms with Gasteiger partial charge in [-0.15, -0.1) is 11.8 Å². The van der Waals surface area contributed by atoms with Gasteiger partial charge in [-0.25, -0.2) is 4.79 Å². The number of amides is 2. The van der Waals surface area contributed by atoms with Gasteiger partial charge in [-0.05, 0) is 24.6 Å². The summed E-state index contributed by atoms with van der Waals surface area (Å²) in [6, 6.07) is 8.12. The van der Waals surface area contributed by atoms with Gasteiger partial charge < -0.3 is 14.5 Å². The third-order valence-corrected chi connectivity index (χ3v) is 5.08. The minimum atomic E-state index is -0.288. The van der Waals surface area contributed by atoms with Crippen LogP contribution in [0.3, 0.4) is 0 Å². The van der Waals surface area contributed by atoms with Crippen LogP contribution in [0.1, 0.15) is 12.5 Å². The summed E-state index contributed by atoms with van der Waals surface area (Å²) in [4.78, 5) is 27.3. The first-order valence-corrected chi connectivity index (χ1v) is 9.56. The number of ether oxygens (including phenoxy) is 1. The molecule has 0 atom stereocenters. The van der Waals surface area contributed by atoms with Crippen LogP contribution in [0.2, 0.25) is 0 Å². The van der Waals surface area contributed by atoms with Crippen LogP contribution in [0.5, 0.6) is 0 Å². The van der Waals surface area contributed by atoms with Crippen LogP contribution in [0.4, 0.5) is 4.79 Å². The summed E-state index contributed by atoms with van der Waals surface area (Å²) in [5, 5.41) is 0. The average Bonchev–Trinajstić information content (AvgIpc) is 2.57. The summed E-state index contributed by atoms with van der Waals surface area (Å²) in [5.41, 5.74) is 1.21. The molecular weight excluding hydrogens is 380 g/mol. The molecule has 7 heteroatoms. The largest absolute Gasteiger partial charge is 0.450 e. The van der Waals surface area contributed by atoms with E-state index in [1.807, 2.05) is 17.0 Å². The van der Waals surface area contributed by atoms with Crippen molar-refractivity contribution in [1.82, 2.24) is 9.80 Å². The lowest BCUT2D eigenvalue weighted by molar-refractivity contribution is -0.129. The molecule has 23 heavy (non-hydrogen) atoms. The Labute approximate surface area is 149 Å². The zero-order valence-corrected chi connectivity index (χ0v) is 15.6. The maximum absolute atomic E-state index is 12.2. The van der Waals surface area contributed by atoms with Crippen LogP contribution in [0, 0.1) is 0 Å². The maximum Gasteiger partial charge on any atom is 0.409 e. The summed E-state index contributed by atoms with van der Waals surface area (Å²) in [6.45, 7) is 4.42. The minimum Gasteiger partial charge on any atom is -0.450 e. The molecule has 126 valence electrons. The number of benzene rings is 1. The predicted octanol–water partition coefficient (Wildman–Crippen LogP) is 2.98. The number of carbonyl (C=O) groups is 2. The normalized spacial score (nSPS) is 14.7. The van der Waals surface area contributed by atoms with E-state index in [0.29, 0.717) is 38.5 Å². The molecule has 2 amide bonds. The highest BCUT2D eigenvalue weighted by Crippen LogP contribution is 2.16. The van der Waals surface area contributed by atoms with E-state index in [9.17, 15) is 9.59 Å². The molecule has 1 fully saturated rings. The third kappa shape index (κ3) is 5.73. The summed E-state index contributed by atoms with van der Waals surface area (Å²) in [7, 11) is 0. The molecule has 1 aromatic carbocycles. The number of nitrogens with zero attached hydrogens (tertiary/aromatic N) is 2. The molecule has 1 aromatic rings. The van der Waals surface area contributed by atoms with Gasteiger partial charge in [0.1, 0.15) is 0 Å². The minimum absolute atomic E-state index is 0.135. The second-order valence-electron chi connectivity index (χ2n) is 5.19. The first kappa shape index (κ1) is 18.1. The molecule has 5 nitrogen and oxygen atoms in total. The van der Waals surface area contributed by atoms with Gasteiger partial charge in [-0.3, -0.25) is 4.79 Å². The van der Waals surface area contributed by atoms with Crippen LogP contribution >= 0.6 is 27.7 Å². The van der Waals surface area contributed by atoms with Gasteiger partial charge in [-0.2, -0.15) is 0 Å². The third-order valence-electron chi connectivity index (χ3n) is 3.57. The standard InChI is InChI=1S/C16H21BrN2O3S/c1-2-22-16(21)19-9-7-18(8-10-19)15(20)12-23-11-13-3-5-14(17)6-4-13/h3-6H,2,7-12H2,1H3. The van der Waals surface area contributed by atoms with E-state index in [2.05, 4.69) is 28.1 Å². The lowest BCUT2D eigenvalue weighted by Crippen LogP contribution is -2.51. The number of carbonyl (C=O) groups excluding carboxylic acids is 2. The fraction of sp³-hybridized carbons (Fsp3) is 0.500. The molecule has 0 spiro atoms. The number of halogens is 1. The van der Waals surface area contributed by atoms with E-state index in [4.69, 9.17) is 4.74 Å². The summed E-state index contributed by atoms with van der Waals surface area (Å²) >= 11 is 5.03. The van der Waals surface area contributed by atoms with Crippen molar-refractivity contribution in [2.45, 2.75) is 12.7 Å². The predicted molar refractivity (Wildman–Crippen MR) is 95.5 cm³/mol. The number of thioether (sulfide) groups is 1. The van der Waals surface area contributed by atoms with E-state index in [1.165, 1.54) is 5.56 Å². The van der Waals surface area contributed by atoms with E-state index >= 15 is 0 Å². The Morgan fingerprint density at radius 1 is 1.13 bits per heavy atom. The first-order valence-electron chi connectivity index (χ1n) is 7.62. The van der Waals surface area contributed by atoms with Crippen LogP contribution in [0.15, 0.2) is 28.7 Å². The van der Waals surface area contributed by atoms with Crippen molar-refractivity contribution in [3.05, 3.63) is 34.3 Å². The molecule has 1 aliphatic heterocycles. The molecule has 0 radical (unpaired) electrons. The van der Waals surface area contributed by atoms with Gasteiger partial charge >= 0.3 is 6.09 Å². The Hall–Kier alpha value is -1.21. The molecule has 1 aliphatic rings. The quantitative estimate of drug-likeness (QED) is 0.761. The first-order chi connectivity index (χ1) is 11.1. The summed E-state index contributed by atoms with van der Waals surface area (Å²) in [6.07, 6.45) is -0.288. The number of piperazine rings is 1. The molecule has 0 aliphatic carbocycles. The van der Waals surface area contributed by atoms with Crippen molar-refractivity contribution in [3.8, 4) is 0 Å². The van der Waals surface area contributed by atoms with E-state index in [-0.39, 0.29) is 12.0 Å². The van der Waals surface area contributed by atoms with Crippen molar-refractivity contribution in [2.75, 3.05) is 38.5 Å². The highest BCUT2D eigenvalue weighted by Gasteiger charge is 2.24. The van der Waals surface area contributed by atoms with Crippen molar-refractivity contribution in [3.63, 3.8) is 0 Å². The molecule has 0 bridgehead atoms. The van der Waals surface area contributed by atoms with E-state index in [0.717, 1.165) is 10.2 Å². The van der Waals surface area contributed by atoms with Gasteiger partial charge in [0, 0.05) is 36.4 Å². The van der Waals surface area contributed by atoms with Gasteiger partial charge in [0.2, 0.25) is 5.91 Å². The Bertz CT molecular complexity index is 531. The fourth-order valence-electron chi connectivity index (χ4n) is 2.28. The lowest BCUT2D eigenvalue weighted by atomic mass is 10.2. The molecule has 0 unspecified atom stereocenters. The number of rotatable bonds is 5. The molecule has 1 saturated heterocycles. The van der Waals surface area contributed by atoms with Crippen molar-refractivity contribution < 1.29 is 14.3 Å². The number of hydrogen-bond donors (Lipinski definition) is 0. The Morgan fingerprint density at radius 2 is 1.74 bits per heavy atom. The van der Waals surface area contributed by atoms with Crippen molar-refractivity contribution >= 4 is 39.7 Å². The second kappa shape index (κ2) is 9.17. The molecule has 0 aromatic heterocycles. The van der Waals surface area contributed by atoms with Crippen LogP contribution in [-0.2, 0) is 15.3 Å². The van der Waals surface area contributed by atoms with Crippen molar-refractivity contribution in [1.29, 1.82) is 0 Å². The highest BCUT2D eigenvalue weighted by molar-refractivity contribution is 9.10. The van der Waals surface area contributed by atoms with E-state index < -0.39 is 0 Å². The Morgan fingerprint density at radius 3 is 2.35 bits per heavy atom. The van der Waals surface area contributed by atoms with Gasteiger partial charge in [-0.1, -0.05) is 28.1 Å². The average molecular weight is 401 g/mol. The summed E-state index contributed by atoms with van der Waals surface area (Å²) < 4.78 is 6.03. The zero-order valence-electron chi connectivity index (χ0n) is 13.2. The topological polar surface area (TPSA) is 49.9 Å². The van der Waals surface area contributed by atoms with Crippen molar-refractivity contribution in [2.24, 2.45) is 0 Å². The molecule has 2 rings (SSSR count). The van der Waals surface area contributed by atoms with E-state index in [1.54, 1.807) is 23.6 Å². The van der Waals surface area contributed by atoms with Gasteiger partial charge in [0.25, 0.3) is 0 Å². The molecule has 0 N–H and O–H groups in total. The summed E-state index contributed by atoms with van der Waals surface area (Å²) in [5.74, 6) is 1.42. The highest BCUT2D eigenvalue weighted by atomic mass is 79.9. The second-order valence-corrected chi connectivity index (χ2v) is 7.09. The Balaban J connectivity index is 1.68. The zero-order chi connectivity index (χ0) is 16.7. The Kier molecular flexibility index (Phi) is 7.23. The smallest absolute Gasteiger partial charge is 0.409 e. The number of hydrogen-bond acceptors (Lipinski definition) is 4. The van der Waals surface area contributed by atoms with Gasteiger partial charge in [0.15, 0.2) is 0 Å². The fourth-order valence-corrected chi connectivity index (χ4v) is 3.43. The SMILES string of the molecule is CCOC(=O)N1CCN(C(=O)CSCc2ccc(Br)cc2)CC1. The molecule has 0 saturated carbocycles.